The predicted octanol–water partition coefficient (Wildman–Crippen LogP) is 6.06. The van der Waals surface area contributed by atoms with Crippen molar-refractivity contribution >= 4 is 0 Å². The van der Waals surface area contributed by atoms with Crippen LogP contribution in [0.2, 0.25) is 0 Å². The van der Waals surface area contributed by atoms with Gasteiger partial charge in [-0.2, -0.15) is 0 Å². The zero-order valence-electron chi connectivity index (χ0n) is 12.8. The SMILES string of the molecule is C=C(C)C(C)C(C)C1=C(CCCCC)CCC=C1. The van der Waals surface area contributed by atoms with E-state index in [1.54, 1.807) is 11.1 Å². The molecule has 0 saturated heterocycles. The van der Waals surface area contributed by atoms with Gasteiger partial charge in [0.25, 0.3) is 0 Å². The largest absolute Gasteiger partial charge is 0.0998 e. The summed E-state index contributed by atoms with van der Waals surface area (Å²) in [6, 6.07) is 0. The highest BCUT2D eigenvalue weighted by Gasteiger charge is 2.20. The normalized spacial score (nSPS) is 18.9. The van der Waals surface area contributed by atoms with E-state index in [1.807, 2.05) is 0 Å². The minimum atomic E-state index is 0.587. The molecule has 0 N–H and O–H groups in total. The van der Waals surface area contributed by atoms with Gasteiger partial charge in [-0.15, -0.1) is 0 Å². The Balaban J connectivity index is 2.78. The van der Waals surface area contributed by atoms with E-state index < -0.39 is 0 Å². The Labute approximate surface area is 114 Å². The molecule has 1 aliphatic rings. The number of hydrogen-bond donors (Lipinski definition) is 0. The molecule has 18 heavy (non-hydrogen) atoms. The molecule has 0 heteroatoms. The second kappa shape index (κ2) is 7.61. The van der Waals surface area contributed by atoms with Crippen LogP contribution < -0.4 is 0 Å². The standard InChI is InChI=1S/C18H30/c1-6-7-8-11-17-12-9-10-13-18(17)16(5)15(4)14(2)3/h10,13,15-16H,2,6-9,11-12H2,1,3-5H3. The van der Waals surface area contributed by atoms with Gasteiger partial charge in [-0.25, -0.2) is 0 Å². The Morgan fingerprint density at radius 2 is 2.06 bits per heavy atom. The van der Waals surface area contributed by atoms with Gasteiger partial charge >= 0.3 is 0 Å². The first-order valence-electron chi connectivity index (χ1n) is 7.61. The molecular formula is C18H30. The van der Waals surface area contributed by atoms with Gasteiger partial charge in [0.1, 0.15) is 0 Å². The average Bonchev–Trinajstić information content (AvgIpc) is 2.38. The molecule has 0 amide bonds. The van der Waals surface area contributed by atoms with Gasteiger partial charge in [-0.05, 0) is 50.0 Å². The lowest BCUT2D eigenvalue weighted by molar-refractivity contribution is 0.502. The van der Waals surface area contributed by atoms with E-state index >= 15 is 0 Å². The Morgan fingerprint density at radius 3 is 2.67 bits per heavy atom. The van der Waals surface area contributed by atoms with Crippen molar-refractivity contribution in [1.82, 2.24) is 0 Å². The molecule has 0 aliphatic heterocycles. The maximum atomic E-state index is 4.12. The summed E-state index contributed by atoms with van der Waals surface area (Å²) in [4.78, 5) is 0. The monoisotopic (exact) mass is 246 g/mol. The highest BCUT2D eigenvalue weighted by atomic mass is 14.2. The quantitative estimate of drug-likeness (QED) is 0.378. The molecule has 0 bridgehead atoms. The summed E-state index contributed by atoms with van der Waals surface area (Å²) >= 11 is 0. The summed E-state index contributed by atoms with van der Waals surface area (Å²) in [5, 5.41) is 0. The highest BCUT2D eigenvalue weighted by molar-refractivity contribution is 5.32. The van der Waals surface area contributed by atoms with E-state index in [4.69, 9.17) is 0 Å². The first-order valence-corrected chi connectivity index (χ1v) is 7.61. The van der Waals surface area contributed by atoms with Gasteiger partial charge in [-0.3, -0.25) is 0 Å². The molecule has 2 atom stereocenters. The Bertz CT molecular complexity index is 330. The van der Waals surface area contributed by atoms with Crippen LogP contribution in [0.3, 0.4) is 0 Å². The van der Waals surface area contributed by atoms with E-state index in [0.717, 1.165) is 0 Å². The topological polar surface area (TPSA) is 0 Å². The van der Waals surface area contributed by atoms with E-state index in [-0.39, 0.29) is 0 Å². The molecule has 0 aromatic rings. The van der Waals surface area contributed by atoms with Crippen LogP contribution in [0.25, 0.3) is 0 Å². The number of rotatable bonds is 7. The first kappa shape index (κ1) is 15.3. The smallest absolute Gasteiger partial charge is 0.0128 e. The molecule has 1 rings (SSSR count). The van der Waals surface area contributed by atoms with Crippen LogP contribution in [0.15, 0.2) is 35.5 Å². The van der Waals surface area contributed by atoms with Gasteiger partial charge in [0, 0.05) is 0 Å². The Kier molecular flexibility index (Phi) is 6.46. The van der Waals surface area contributed by atoms with Gasteiger partial charge in [0.15, 0.2) is 0 Å². The molecule has 0 saturated carbocycles. The van der Waals surface area contributed by atoms with Crippen molar-refractivity contribution in [3.63, 3.8) is 0 Å². The van der Waals surface area contributed by atoms with Crippen molar-refractivity contribution in [2.24, 2.45) is 11.8 Å². The summed E-state index contributed by atoms with van der Waals surface area (Å²) in [6.07, 6.45) is 12.6. The van der Waals surface area contributed by atoms with Crippen LogP contribution in [0.1, 0.15) is 66.2 Å². The molecule has 102 valence electrons. The lowest BCUT2D eigenvalue weighted by atomic mass is 9.79. The van der Waals surface area contributed by atoms with Crippen molar-refractivity contribution in [1.29, 1.82) is 0 Å². The van der Waals surface area contributed by atoms with Gasteiger partial charge in [-0.1, -0.05) is 63.5 Å². The molecule has 0 radical (unpaired) electrons. The highest BCUT2D eigenvalue weighted by Crippen LogP contribution is 2.34. The molecular weight excluding hydrogens is 216 g/mol. The number of hydrogen-bond acceptors (Lipinski definition) is 0. The van der Waals surface area contributed by atoms with Gasteiger partial charge in [0.05, 0.1) is 0 Å². The van der Waals surface area contributed by atoms with Crippen LogP contribution in [0.5, 0.6) is 0 Å². The summed E-state index contributed by atoms with van der Waals surface area (Å²) in [5.74, 6) is 1.21. The Morgan fingerprint density at radius 1 is 1.33 bits per heavy atom. The lowest BCUT2D eigenvalue weighted by Gasteiger charge is -2.26. The van der Waals surface area contributed by atoms with Crippen LogP contribution in [0.4, 0.5) is 0 Å². The fourth-order valence-electron chi connectivity index (χ4n) is 2.76. The Hall–Kier alpha value is -0.780. The molecule has 0 aromatic carbocycles. The maximum absolute atomic E-state index is 4.12. The first-order chi connectivity index (χ1) is 8.57. The van der Waals surface area contributed by atoms with Crippen molar-refractivity contribution in [3.8, 4) is 0 Å². The van der Waals surface area contributed by atoms with Crippen molar-refractivity contribution < 1.29 is 0 Å². The molecule has 0 heterocycles. The molecule has 2 unspecified atom stereocenters. The third-order valence-electron chi connectivity index (χ3n) is 4.42. The number of unbranched alkanes of at least 4 members (excludes halogenated alkanes) is 2. The second-order valence-electron chi connectivity index (χ2n) is 5.88. The lowest BCUT2D eigenvalue weighted by Crippen LogP contribution is -2.14. The molecule has 1 aliphatic carbocycles. The van der Waals surface area contributed by atoms with Crippen LogP contribution >= 0.6 is 0 Å². The third kappa shape index (κ3) is 4.15. The third-order valence-corrected chi connectivity index (χ3v) is 4.42. The molecule has 0 aromatic heterocycles. The fourth-order valence-corrected chi connectivity index (χ4v) is 2.76. The summed E-state index contributed by atoms with van der Waals surface area (Å²) in [6.45, 7) is 13.2. The summed E-state index contributed by atoms with van der Waals surface area (Å²) < 4.78 is 0. The molecule has 0 fully saturated rings. The second-order valence-corrected chi connectivity index (χ2v) is 5.88. The van der Waals surface area contributed by atoms with Crippen molar-refractivity contribution in [2.45, 2.75) is 66.2 Å². The summed E-state index contributed by atoms with van der Waals surface area (Å²) in [5.41, 5.74) is 4.63. The zero-order valence-corrected chi connectivity index (χ0v) is 12.8. The van der Waals surface area contributed by atoms with E-state index in [9.17, 15) is 0 Å². The molecule has 0 nitrogen and oxygen atoms in total. The van der Waals surface area contributed by atoms with Crippen LogP contribution in [0, 0.1) is 11.8 Å². The zero-order chi connectivity index (χ0) is 13.5. The van der Waals surface area contributed by atoms with Crippen LogP contribution in [-0.2, 0) is 0 Å². The van der Waals surface area contributed by atoms with E-state index in [0.29, 0.717) is 11.8 Å². The summed E-state index contributed by atoms with van der Waals surface area (Å²) in [7, 11) is 0. The maximum Gasteiger partial charge on any atom is -0.0128 e. The predicted molar refractivity (Wildman–Crippen MR) is 82.7 cm³/mol. The van der Waals surface area contributed by atoms with E-state index in [1.165, 1.54) is 44.1 Å². The number of allylic oxidation sites excluding steroid dienone is 5. The van der Waals surface area contributed by atoms with Gasteiger partial charge < -0.3 is 0 Å². The van der Waals surface area contributed by atoms with Gasteiger partial charge in [0.2, 0.25) is 0 Å². The van der Waals surface area contributed by atoms with Crippen LogP contribution in [-0.4, -0.2) is 0 Å². The van der Waals surface area contributed by atoms with E-state index in [2.05, 4.69) is 46.4 Å². The van der Waals surface area contributed by atoms with Crippen molar-refractivity contribution in [3.05, 3.63) is 35.5 Å². The fraction of sp³-hybridized carbons (Fsp3) is 0.667. The minimum Gasteiger partial charge on any atom is -0.0998 e. The molecule has 0 spiro atoms. The average molecular weight is 246 g/mol. The minimum absolute atomic E-state index is 0.587. The van der Waals surface area contributed by atoms with Crippen molar-refractivity contribution in [2.75, 3.05) is 0 Å².